The molecule has 1 aromatic carbocycles. The topological polar surface area (TPSA) is 30.7 Å². The molecule has 1 aliphatic heterocycles. The lowest BCUT2D eigenvalue weighted by Crippen LogP contribution is -2.12. The summed E-state index contributed by atoms with van der Waals surface area (Å²) >= 11 is 2.97. The van der Waals surface area contributed by atoms with Gasteiger partial charge in [0.25, 0.3) is 0 Å². The highest BCUT2D eigenvalue weighted by Crippen LogP contribution is 2.41. The Bertz CT molecular complexity index is 658. The molecule has 0 bridgehead atoms. The molecule has 0 saturated carbocycles. The largest absolute Gasteiger partial charge is 0.239 e. The Morgan fingerprint density at radius 2 is 1.89 bits per heavy atom. The maximum Gasteiger partial charge on any atom is 0.217 e. The molecule has 3 rings (SSSR count). The number of alkyl halides is 1. The van der Waals surface area contributed by atoms with Gasteiger partial charge in [0.2, 0.25) is 4.73 Å². The van der Waals surface area contributed by atoms with Crippen molar-refractivity contribution < 1.29 is 17.6 Å². The van der Waals surface area contributed by atoms with E-state index in [9.17, 15) is 17.6 Å². The van der Waals surface area contributed by atoms with Crippen molar-refractivity contribution in [1.29, 1.82) is 0 Å². The number of fused-ring (bicyclic) bond motifs is 1. The van der Waals surface area contributed by atoms with Crippen LogP contribution >= 0.6 is 15.9 Å². The maximum absolute atomic E-state index is 13.7. The Hall–Kier alpha value is -1.44. The second kappa shape index (κ2) is 4.29. The molecule has 2 heterocycles. The summed E-state index contributed by atoms with van der Waals surface area (Å²) < 4.78 is 55.6. The van der Waals surface area contributed by atoms with Gasteiger partial charge in [-0.3, -0.25) is 0 Å². The lowest BCUT2D eigenvalue weighted by Gasteiger charge is -2.13. The van der Waals surface area contributed by atoms with Gasteiger partial charge in [-0.05, 0) is 28.1 Å². The van der Waals surface area contributed by atoms with Gasteiger partial charge < -0.3 is 0 Å². The molecule has 1 aromatic heterocycles. The average molecular weight is 336 g/mol. The Labute approximate surface area is 113 Å². The third kappa shape index (κ3) is 1.85. The quantitative estimate of drug-likeness (QED) is 0.590. The third-order valence-corrected chi connectivity index (χ3v) is 3.39. The van der Waals surface area contributed by atoms with Crippen LogP contribution in [0.1, 0.15) is 30.0 Å². The summed E-state index contributed by atoms with van der Waals surface area (Å²) in [4.78, 5) is 3.78. The van der Waals surface area contributed by atoms with E-state index < -0.39 is 35.2 Å². The standard InChI is InChI=1S/C11H6BrF4N3/c12-11-17-10-6(15)3-7(19(10)18-11)8-4(13)1-2-5(14)9(8)16/h1-2,6-7H,3H2. The third-order valence-electron chi connectivity index (χ3n) is 3.05. The molecule has 100 valence electrons. The second-order valence-corrected chi connectivity index (χ2v) is 4.87. The summed E-state index contributed by atoms with van der Waals surface area (Å²) in [5, 5.41) is 3.84. The second-order valence-electron chi connectivity index (χ2n) is 4.16. The average Bonchev–Trinajstić information content (AvgIpc) is 2.86. The number of aromatic nitrogens is 3. The molecule has 3 nitrogen and oxygen atoms in total. The van der Waals surface area contributed by atoms with E-state index in [1.54, 1.807) is 0 Å². The summed E-state index contributed by atoms with van der Waals surface area (Å²) in [6.45, 7) is 0. The zero-order valence-electron chi connectivity index (χ0n) is 9.25. The van der Waals surface area contributed by atoms with E-state index in [1.165, 1.54) is 0 Å². The Morgan fingerprint density at radius 3 is 2.63 bits per heavy atom. The Balaban J connectivity index is 2.17. The van der Waals surface area contributed by atoms with Crippen molar-refractivity contribution >= 4 is 15.9 Å². The maximum atomic E-state index is 13.7. The molecule has 2 aromatic rings. The number of nitrogens with zero attached hydrogens (tertiary/aromatic N) is 3. The fraction of sp³-hybridized carbons (Fsp3) is 0.273. The molecule has 2 unspecified atom stereocenters. The molecule has 0 aliphatic carbocycles. The van der Waals surface area contributed by atoms with Gasteiger partial charge in [0.05, 0.1) is 11.6 Å². The van der Waals surface area contributed by atoms with Gasteiger partial charge in [0.1, 0.15) is 5.82 Å². The normalized spacial score (nSPS) is 21.7. The van der Waals surface area contributed by atoms with Gasteiger partial charge in [-0.2, -0.15) is 0 Å². The number of hydrogen-bond donors (Lipinski definition) is 0. The lowest BCUT2D eigenvalue weighted by atomic mass is 10.0. The van der Waals surface area contributed by atoms with Crippen LogP contribution in [0.3, 0.4) is 0 Å². The minimum Gasteiger partial charge on any atom is -0.239 e. The fourth-order valence-electron chi connectivity index (χ4n) is 2.24. The minimum atomic E-state index is -1.49. The van der Waals surface area contributed by atoms with Crippen molar-refractivity contribution in [2.45, 2.75) is 18.6 Å². The molecule has 0 spiro atoms. The summed E-state index contributed by atoms with van der Waals surface area (Å²) in [6, 6.07) is 0.457. The van der Waals surface area contributed by atoms with Gasteiger partial charge in [0, 0.05) is 6.42 Å². The van der Waals surface area contributed by atoms with E-state index >= 15 is 0 Å². The van der Waals surface area contributed by atoms with Crippen LogP contribution in [0.4, 0.5) is 17.6 Å². The molecule has 0 radical (unpaired) electrons. The molecule has 8 heteroatoms. The number of benzene rings is 1. The first kappa shape index (κ1) is 12.6. The van der Waals surface area contributed by atoms with Crippen molar-refractivity contribution in [1.82, 2.24) is 14.8 Å². The zero-order valence-corrected chi connectivity index (χ0v) is 10.8. The molecule has 2 atom stereocenters. The molecule has 0 fully saturated rings. The van der Waals surface area contributed by atoms with E-state index in [1.807, 2.05) is 0 Å². The molecule has 0 saturated heterocycles. The van der Waals surface area contributed by atoms with Crippen LogP contribution in [0.5, 0.6) is 0 Å². The monoisotopic (exact) mass is 335 g/mol. The van der Waals surface area contributed by atoms with Crippen molar-refractivity contribution in [3.8, 4) is 0 Å². The Kier molecular flexibility index (Phi) is 2.84. The van der Waals surface area contributed by atoms with Crippen molar-refractivity contribution in [2.24, 2.45) is 0 Å². The van der Waals surface area contributed by atoms with Gasteiger partial charge in [-0.15, -0.1) is 5.10 Å². The van der Waals surface area contributed by atoms with Gasteiger partial charge >= 0.3 is 0 Å². The van der Waals surface area contributed by atoms with E-state index in [4.69, 9.17) is 0 Å². The fourth-order valence-corrected chi connectivity index (χ4v) is 2.59. The van der Waals surface area contributed by atoms with Crippen LogP contribution in [-0.2, 0) is 0 Å². The van der Waals surface area contributed by atoms with Crippen LogP contribution in [0.2, 0.25) is 0 Å². The van der Waals surface area contributed by atoms with E-state index in [2.05, 4.69) is 26.0 Å². The van der Waals surface area contributed by atoms with Crippen LogP contribution in [0.15, 0.2) is 16.9 Å². The number of hydrogen-bond acceptors (Lipinski definition) is 2. The molecule has 0 amide bonds. The molecule has 19 heavy (non-hydrogen) atoms. The van der Waals surface area contributed by atoms with Crippen LogP contribution < -0.4 is 0 Å². The van der Waals surface area contributed by atoms with Crippen molar-refractivity contribution in [2.75, 3.05) is 0 Å². The van der Waals surface area contributed by atoms with Crippen molar-refractivity contribution in [3.63, 3.8) is 0 Å². The van der Waals surface area contributed by atoms with Crippen LogP contribution in [0.25, 0.3) is 0 Å². The predicted octanol–water partition coefficient (Wildman–Crippen LogP) is 3.46. The highest BCUT2D eigenvalue weighted by atomic mass is 79.9. The summed E-state index contributed by atoms with van der Waals surface area (Å²) in [5.41, 5.74) is -0.529. The number of halogens is 5. The molecular formula is C11H6BrF4N3. The van der Waals surface area contributed by atoms with Crippen LogP contribution in [-0.4, -0.2) is 14.8 Å². The number of rotatable bonds is 1. The van der Waals surface area contributed by atoms with Gasteiger partial charge in [0.15, 0.2) is 23.6 Å². The minimum absolute atomic E-state index is 0.0278. The smallest absolute Gasteiger partial charge is 0.217 e. The molecular weight excluding hydrogens is 330 g/mol. The lowest BCUT2D eigenvalue weighted by molar-refractivity contribution is 0.323. The SMILES string of the molecule is Fc1ccc(F)c(C2CC(F)c3nc(Br)nn32)c1F. The first-order valence-electron chi connectivity index (χ1n) is 5.38. The van der Waals surface area contributed by atoms with E-state index in [0.29, 0.717) is 6.07 Å². The Morgan fingerprint density at radius 1 is 1.21 bits per heavy atom. The predicted molar refractivity (Wildman–Crippen MR) is 60.6 cm³/mol. The highest BCUT2D eigenvalue weighted by Gasteiger charge is 2.38. The summed E-state index contributed by atoms with van der Waals surface area (Å²) in [7, 11) is 0. The molecule has 0 N–H and O–H groups in total. The van der Waals surface area contributed by atoms with E-state index in [0.717, 1.165) is 10.7 Å². The van der Waals surface area contributed by atoms with Gasteiger partial charge in [-0.25, -0.2) is 27.2 Å². The first-order chi connectivity index (χ1) is 8.99. The first-order valence-corrected chi connectivity index (χ1v) is 6.17. The highest BCUT2D eigenvalue weighted by molar-refractivity contribution is 9.10. The zero-order chi connectivity index (χ0) is 13.7. The van der Waals surface area contributed by atoms with E-state index in [-0.39, 0.29) is 17.0 Å². The van der Waals surface area contributed by atoms with Gasteiger partial charge in [-0.1, -0.05) is 0 Å². The van der Waals surface area contributed by atoms with Crippen molar-refractivity contribution in [3.05, 3.63) is 45.7 Å². The van der Waals surface area contributed by atoms with Crippen LogP contribution in [0, 0.1) is 17.5 Å². The molecule has 1 aliphatic rings. The summed E-state index contributed by atoms with van der Waals surface area (Å²) in [6.07, 6.45) is -1.72. The summed E-state index contributed by atoms with van der Waals surface area (Å²) in [5.74, 6) is -3.47.